The summed E-state index contributed by atoms with van der Waals surface area (Å²) in [6, 6.07) is 20.1. The van der Waals surface area contributed by atoms with Crippen LogP contribution in [0, 0.1) is 0 Å². The second-order valence-corrected chi connectivity index (χ2v) is 8.41. The SMILES string of the molecule is Clc1nc2ccccc2cc1/C=N\NC1=[NH+][C@H]2C=CC(Br)=CC2=C(c2ccccc2)N1. The number of allylic oxidation sites excluding steroid dienone is 2. The maximum Gasteiger partial charge on any atom is 0.373 e. The summed E-state index contributed by atoms with van der Waals surface area (Å²) in [7, 11) is 0. The van der Waals surface area contributed by atoms with Crippen molar-refractivity contribution in [3.05, 3.63) is 105 Å². The number of hydrogen-bond donors (Lipinski definition) is 3. The third kappa shape index (κ3) is 4.17. The number of guanidine groups is 1. The van der Waals surface area contributed by atoms with Crippen molar-refractivity contribution >= 4 is 56.3 Å². The Kier molecular flexibility index (Phi) is 5.40. The minimum absolute atomic E-state index is 0.0291. The number of para-hydroxylation sites is 1. The molecule has 2 aliphatic rings. The van der Waals surface area contributed by atoms with Crippen LogP contribution in [-0.2, 0) is 0 Å². The van der Waals surface area contributed by atoms with Gasteiger partial charge in [0.2, 0.25) is 0 Å². The van der Waals surface area contributed by atoms with E-state index in [1.165, 1.54) is 0 Å². The van der Waals surface area contributed by atoms with E-state index in [0.29, 0.717) is 11.1 Å². The average molecular weight is 492 g/mol. The minimum atomic E-state index is 0.0291. The molecule has 152 valence electrons. The Morgan fingerprint density at radius 1 is 1.13 bits per heavy atom. The first-order valence-electron chi connectivity index (χ1n) is 9.77. The van der Waals surface area contributed by atoms with Gasteiger partial charge in [0.1, 0.15) is 16.9 Å². The molecule has 3 aromatic rings. The normalized spacial score (nSPS) is 17.9. The number of aromatic nitrogens is 1. The number of hydrazone groups is 1. The molecule has 0 amide bonds. The highest BCUT2D eigenvalue weighted by atomic mass is 79.9. The average Bonchev–Trinajstić information content (AvgIpc) is 2.79. The molecule has 2 aromatic carbocycles. The van der Waals surface area contributed by atoms with Crippen LogP contribution in [0.3, 0.4) is 0 Å². The van der Waals surface area contributed by atoms with Crippen molar-refractivity contribution in [2.24, 2.45) is 5.10 Å². The van der Waals surface area contributed by atoms with Gasteiger partial charge < -0.3 is 0 Å². The zero-order valence-electron chi connectivity index (χ0n) is 16.3. The van der Waals surface area contributed by atoms with Gasteiger partial charge >= 0.3 is 5.96 Å². The van der Waals surface area contributed by atoms with Crippen molar-refractivity contribution in [2.75, 3.05) is 0 Å². The quantitative estimate of drug-likeness (QED) is 0.299. The summed E-state index contributed by atoms with van der Waals surface area (Å²) in [5.41, 5.74) is 7.94. The van der Waals surface area contributed by atoms with E-state index in [1.807, 2.05) is 54.6 Å². The Labute approximate surface area is 193 Å². The molecule has 7 heteroatoms. The number of halogens is 2. The van der Waals surface area contributed by atoms with Crippen molar-refractivity contribution in [1.82, 2.24) is 15.7 Å². The molecule has 1 atom stereocenters. The van der Waals surface area contributed by atoms with Gasteiger partial charge in [0, 0.05) is 26.6 Å². The minimum Gasteiger partial charge on any atom is -0.265 e. The van der Waals surface area contributed by atoms with Gasteiger partial charge in [0.25, 0.3) is 0 Å². The number of benzene rings is 2. The van der Waals surface area contributed by atoms with Crippen LogP contribution in [0.15, 0.2) is 94.0 Å². The lowest BCUT2D eigenvalue weighted by Crippen LogP contribution is -2.86. The molecule has 31 heavy (non-hydrogen) atoms. The molecule has 1 aromatic heterocycles. The Balaban J connectivity index is 1.41. The largest absolute Gasteiger partial charge is 0.373 e. The molecule has 2 heterocycles. The van der Waals surface area contributed by atoms with Crippen LogP contribution in [-0.4, -0.2) is 23.2 Å². The van der Waals surface area contributed by atoms with Gasteiger partial charge in [-0.25, -0.2) is 10.3 Å². The van der Waals surface area contributed by atoms with Gasteiger partial charge in [0.05, 0.1) is 11.7 Å². The van der Waals surface area contributed by atoms with Gasteiger partial charge in [-0.3, -0.25) is 4.99 Å². The lowest BCUT2D eigenvalue weighted by atomic mass is 9.95. The van der Waals surface area contributed by atoms with Gasteiger partial charge in [-0.15, -0.1) is 5.10 Å². The number of nitrogens with one attached hydrogen (secondary N) is 3. The third-order valence-electron chi connectivity index (χ3n) is 5.06. The molecule has 1 aliphatic carbocycles. The molecule has 0 saturated carbocycles. The number of fused-ring (bicyclic) bond motifs is 2. The van der Waals surface area contributed by atoms with Crippen LogP contribution in [0.4, 0.5) is 0 Å². The predicted octanol–water partition coefficient (Wildman–Crippen LogP) is 3.48. The van der Waals surface area contributed by atoms with Crippen LogP contribution in [0.1, 0.15) is 11.1 Å². The van der Waals surface area contributed by atoms with Crippen molar-refractivity contribution in [3.8, 4) is 0 Å². The van der Waals surface area contributed by atoms with Crippen molar-refractivity contribution in [2.45, 2.75) is 6.04 Å². The summed E-state index contributed by atoms with van der Waals surface area (Å²) in [5.74, 6) is 0.685. The van der Waals surface area contributed by atoms with Crippen LogP contribution in [0.2, 0.25) is 5.15 Å². The molecule has 0 spiro atoms. The lowest BCUT2D eigenvalue weighted by molar-refractivity contribution is -0.483. The summed E-state index contributed by atoms with van der Waals surface area (Å²) in [6.07, 6.45) is 7.94. The second-order valence-electron chi connectivity index (χ2n) is 7.14. The standard InChI is InChI=1S/C24H17BrClN5/c25-18-10-11-21-19(13-18)22(15-6-2-1-3-7-15)30-24(29-21)31-27-14-17-12-16-8-4-5-9-20(16)28-23(17)26/h1-14,21H,(H2,29,30,31)/p+1/b27-14-/t21-/m0/s1. The first-order valence-corrected chi connectivity index (χ1v) is 10.9. The van der Waals surface area contributed by atoms with E-state index in [9.17, 15) is 0 Å². The Morgan fingerprint density at radius 3 is 2.81 bits per heavy atom. The smallest absolute Gasteiger partial charge is 0.265 e. The van der Waals surface area contributed by atoms with Gasteiger partial charge in [-0.1, -0.05) is 76.1 Å². The van der Waals surface area contributed by atoms with Crippen LogP contribution in [0.5, 0.6) is 0 Å². The summed E-state index contributed by atoms with van der Waals surface area (Å²) in [5, 5.41) is 9.24. The van der Waals surface area contributed by atoms with Gasteiger partial charge in [0.15, 0.2) is 0 Å². The predicted molar refractivity (Wildman–Crippen MR) is 130 cm³/mol. The van der Waals surface area contributed by atoms with E-state index in [1.54, 1.807) is 6.21 Å². The summed E-state index contributed by atoms with van der Waals surface area (Å²) < 4.78 is 1.03. The molecule has 0 unspecified atom stereocenters. The maximum atomic E-state index is 6.34. The fourth-order valence-electron chi connectivity index (χ4n) is 3.59. The molecule has 0 saturated heterocycles. The van der Waals surface area contributed by atoms with E-state index in [0.717, 1.165) is 37.8 Å². The van der Waals surface area contributed by atoms with E-state index in [2.05, 4.69) is 66.0 Å². The first kappa shape index (κ1) is 19.7. The molecular formula is C24H18BrClN5+. The molecule has 5 nitrogen and oxygen atoms in total. The Bertz CT molecular complexity index is 1310. The van der Waals surface area contributed by atoms with Crippen LogP contribution < -0.4 is 15.7 Å². The number of rotatable bonds is 3. The molecule has 0 fully saturated rings. The van der Waals surface area contributed by atoms with Crippen molar-refractivity contribution in [3.63, 3.8) is 0 Å². The number of hydrogen-bond acceptors (Lipinski definition) is 4. The Hall–Kier alpha value is -3.22. The molecule has 0 bridgehead atoms. The highest BCUT2D eigenvalue weighted by Crippen LogP contribution is 2.26. The van der Waals surface area contributed by atoms with Crippen molar-refractivity contribution in [1.29, 1.82) is 0 Å². The van der Waals surface area contributed by atoms with Gasteiger partial charge in [-0.2, -0.15) is 5.43 Å². The fraction of sp³-hybridized carbons (Fsp3) is 0.0417. The molecular weight excluding hydrogens is 474 g/mol. The van der Waals surface area contributed by atoms with Crippen LogP contribution in [0.25, 0.3) is 16.6 Å². The maximum absolute atomic E-state index is 6.34. The monoisotopic (exact) mass is 490 g/mol. The molecule has 3 N–H and O–H groups in total. The summed E-state index contributed by atoms with van der Waals surface area (Å²) >= 11 is 9.91. The van der Waals surface area contributed by atoms with E-state index < -0.39 is 0 Å². The summed E-state index contributed by atoms with van der Waals surface area (Å²) in [6.45, 7) is 0. The fourth-order valence-corrected chi connectivity index (χ4v) is 4.18. The first-order chi connectivity index (χ1) is 15.2. The second kappa shape index (κ2) is 8.49. The van der Waals surface area contributed by atoms with E-state index >= 15 is 0 Å². The zero-order chi connectivity index (χ0) is 21.2. The van der Waals surface area contributed by atoms with E-state index in [4.69, 9.17) is 11.6 Å². The van der Waals surface area contributed by atoms with Crippen LogP contribution >= 0.6 is 27.5 Å². The van der Waals surface area contributed by atoms with E-state index in [-0.39, 0.29) is 6.04 Å². The van der Waals surface area contributed by atoms with Crippen molar-refractivity contribution < 1.29 is 4.99 Å². The third-order valence-corrected chi connectivity index (χ3v) is 5.86. The Morgan fingerprint density at radius 2 is 1.94 bits per heavy atom. The molecule has 1 aliphatic heterocycles. The topological polar surface area (TPSA) is 63.3 Å². The lowest BCUT2D eigenvalue weighted by Gasteiger charge is -2.22. The molecule has 5 rings (SSSR count). The number of pyridine rings is 1. The zero-order valence-corrected chi connectivity index (χ0v) is 18.7. The summed E-state index contributed by atoms with van der Waals surface area (Å²) in [4.78, 5) is 7.86. The highest BCUT2D eigenvalue weighted by Gasteiger charge is 2.28. The highest BCUT2D eigenvalue weighted by molar-refractivity contribution is 9.11. The number of nitrogens with zero attached hydrogens (tertiary/aromatic N) is 2. The molecule has 0 radical (unpaired) electrons. The van der Waals surface area contributed by atoms with Gasteiger partial charge in [-0.05, 0) is 30.4 Å².